The molecular weight excluding hydrogens is 397 g/mol. The van der Waals surface area contributed by atoms with Crippen LogP contribution in [-0.4, -0.2) is 19.6 Å². The van der Waals surface area contributed by atoms with Crippen molar-refractivity contribution in [2.75, 3.05) is 4.72 Å². The standard InChI is InChI=1S/C17H16F3N4O3S/c1-3-10(2)28(26,27)23-12-5-6-14(18)13(8-12)17(25)22-24-21-11-4-7-15(19)16(20)9-11/h4-10,23H,3H2,1-2H3/q+1. The number of nitrogens with zero attached hydrogens (tertiary/aromatic N) is 3. The van der Waals surface area contributed by atoms with Gasteiger partial charge in [-0.2, -0.15) is 0 Å². The van der Waals surface area contributed by atoms with E-state index >= 15 is 0 Å². The Morgan fingerprint density at radius 2 is 1.79 bits per heavy atom. The van der Waals surface area contributed by atoms with E-state index in [-0.39, 0.29) is 11.4 Å². The number of benzene rings is 2. The largest absolute Gasteiger partial charge is 0.363 e. The summed E-state index contributed by atoms with van der Waals surface area (Å²) in [5.41, 5.74) is -0.655. The second-order valence-corrected chi connectivity index (χ2v) is 7.85. The van der Waals surface area contributed by atoms with Gasteiger partial charge in [0, 0.05) is 11.8 Å². The lowest BCUT2D eigenvalue weighted by molar-refractivity contribution is 0.0989. The Bertz CT molecular complexity index is 1070. The van der Waals surface area contributed by atoms with Crippen molar-refractivity contribution in [2.24, 2.45) is 10.2 Å². The first-order valence-electron chi connectivity index (χ1n) is 8.06. The zero-order valence-electron chi connectivity index (χ0n) is 14.9. The van der Waals surface area contributed by atoms with Gasteiger partial charge in [-0.25, -0.2) is 21.6 Å². The van der Waals surface area contributed by atoms with Gasteiger partial charge in [0.05, 0.1) is 10.8 Å². The van der Waals surface area contributed by atoms with Gasteiger partial charge in [-0.05, 0) is 43.7 Å². The van der Waals surface area contributed by atoms with E-state index in [0.717, 1.165) is 36.4 Å². The monoisotopic (exact) mass is 413 g/mol. The lowest BCUT2D eigenvalue weighted by Gasteiger charge is -2.13. The number of anilines is 1. The lowest BCUT2D eigenvalue weighted by atomic mass is 10.2. The molecule has 0 aliphatic carbocycles. The molecule has 0 bridgehead atoms. The molecule has 28 heavy (non-hydrogen) atoms. The van der Waals surface area contributed by atoms with Gasteiger partial charge in [0.1, 0.15) is 5.82 Å². The molecule has 1 N–H and O–H groups in total. The quantitative estimate of drug-likeness (QED) is 0.570. The van der Waals surface area contributed by atoms with Gasteiger partial charge in [0.15, 0.2) is 22.4 Å². The summed E-state index contributed by atoms with van der Waals surface area (Å²) in [7, 11) is -3.70. The van der Waals surface area contributed by atoms with E-state index in [4.69, 9.17) is 0 Å². The molecule has 1 atom stereocenters. The summed E-state index contributed by atoms with van der Waals surface area (Å²) in [4.78, 5) is 15.2. The molecule has 0 aliphatic heterocycles. The average Bonchev–Trinajstić information content (AvgIpc) is 2.65. The van der Waals surface area contributed by atoms with E-state index in [1.807, 2.05) is 0 Å². The van der Waals surface area contributed by atoms with Gasteiger partial charge in [0.25, 0.3) is 0 Å². The Morgan fingerprint density at radius 1 is 1.11 bits per heavy atom. The molecule has 0 saturated carbocycles. The fourth-order valence-electron chi connectivity index (χ4n) is 1.95. The van der Waals surface area contributed by atoms with Crippen LogP contribution >= 0.6 is 0 Å². The van der Waals surface area contributed by atoms with E-state index in [1.54, 1.807) is 6.92 Å². The third kappa shape index (κ3) is 5.24. The number of rotatable bonds is 6. The summed E-state index contributed by atoms with van der Waals surface area (Å²) in [5, 5.41) is 5.91. The number of nitrogens with one attached hydrogen (secondary N) is 1. The molecule has 11 heteroatoms. The maximum Gasteiger partial charge on any atom is 0.363 e. The van der Waals surface area contributed by atoms with Crippen LogP contribution in [0, 0.1) is 17.5 Å². The predicted molar refractivity (Wildman–Crippen MR) is 96.0 cm³/mol. The van der Waals surface area contributed by atoms with Crippen molar-refractivity contribution in [3.05, 3.63) is 59.4 Å². The number of hydrogen-bond acceptors (Lipinski definition) is 4. The van der Waals surface area contributed by atoms with E-state index < -0.39 is 44.2 Å². The van der Waals surface area contributed by atoms with Gasteiger partial charge in [-0.15, -0.1) is 0 Å². The summed E-state index contributed by atoms with van der Waals surface area (Å²) in [6, 6.07) is 5.71. The Kier molecular flexibility index (Phi) is 6.66. The molecule has 0 aliphatic rings. The van der Waals surface area contributed by atoms with Crippen LogP contribution in [0.5, 0.6) is 0 Å². The van der Waals surface area contributed by atoms with Gasteiger partial charge >= 0.3 is 5.91 Å². The fourth-order valence-corrected chi connectivity index (χ4v) is 3.05. The number of sulfonamides is 1. The molecule has 0 heterocycles. The molecule has 0 aromatic heterocycles. The second-order valence-electron chi connectivity index (χ2n) is 5.75. The molecular formula is C17H16F3N4O3S+. The third-order valence-electron chi connectivity index (χ3n) is 3.76. The van der Waals surface area contributed by atoms with E-state index in [2.05, 4.69) is 19.9 Å². The van der Waals surface area contributed by atoms with Crippen molar-refractivity contribution < 1.29 is 26.4 Å². The van der Waals surface area contributed by atoms with E-state index in [1.165, 1.54) is 6.92 Å². The molecule has 148 valence electrons. The topological polar surface area (TPSA) is 102 Å². The average molecular weight is 413 g/mol. The van der Waals surface area contributed by atoms with Crippen LogP contribution in [-0.2, 0) is 10.0 Å². The van der Waals surface area contributed by atoms with Gasteiger partial charge in [-0.1, -0.05) is 6.92 Å². The first kappa shape index (κ1) is 21.3. The number of carbonyl (C=O) groups excluding carboxylic acids is 1. The number of hydrogen-bond donors (Lipinski definition) is 1. The minimum Gasteiger partial charge on any atom is -0.283 e. The highest BCUT2D eigenvalue weighted by molar-refractivity contribution is 7.93. The minimum atomic E-state index is -3.70. The summed E-state index contributed by atoms with van der Waals surface area (Å²) in [6.07, 6.45) is 0.363. The molecule has 2 aromatic rings. The zero-order valence-corrected chi connectivity index (χ0v) is 15.7. The maximum absolute atomic E-state index is 13.9. The molecule has 1 amide bonds. The summed E-state index contributed by atoms with van der Waals surface area (Å²) >= 11 is 0. The number of halogens is 3. The molecule has 0 radical (unpaired) electrons. The van der Waals surface area contributed by atoms with E-state index in [0.29, 0.717) is 6.42 Å². The zero-order chi connectivity index (χ0) is 20.9. The molecule has 0 spiro atoms. The van der Waals surface area contributed by atoms with Crippen LogP contribution in [0.15, 0.2) is 46.6 Å². The fraction of sp³-hybridized carbons (Fsp3) is 0.235. The van der Waals surface area contributed by atoms with Crippen LogP contribution in [0.25, 0.3) is 0 Å². The molecule has 0 saturated heterocycles. The van der Waals surface area contributed by atoms with Crippen molar-refractivity contribution in [2.45, 2.75) is 25.5 Å². The molecule has 2 aromatic carbocycles. The van der Waals surface area contributed by atoms with Crippen molar-refractivity contribution in [1.29, 1.82) is 0 Å². The highest BCUT2D eigenvalue weighted by atomic mass is 32.2. The normalized spacial score (nSPS) is 12.0. The first-order valence-corrected chi connectivity index (χ1v) is 9.61. The lowest BCUT2D eigenvalue weighted by Crippen LogP contribution is -2.24. The smallest absolute Gasteiger partial charge is 0.283 e. The predicted octanol–water partition coefficient (Wildman–Crippen LogP) is 4.09. The summed E-state index contributed by atoms with van der Waals surface area (Å²) in [6.45, 7) is 3.20. The minimum absolute atomic E-state index is 0.0159. The van der Waals surface area contributed by atoms with Crippen molar-refractivity contribution in [1.82, 2.24) is 4.91 Å². The van der Waals surface area contributed by atoms with Crippen molar-refractivity contribution in [3.8, 4) is 0 Å². The third-order valence-corrected chi connectivity index (χ3v) is 5.67. The summed E-state index contributed by atoms with van der Waals surface area (Å²) in [5.74, 6) is -4.31. The van der Waals surface area contributed by atoms with Gasteiger partial charge < -0.3 is 0 Å². The van der Waals surface area contributed by atoms with Crippen molar-refractivity contribution in [3.63, 3.8) is 0 Å². The van der Waals surface area contributed by atoms with Crippen LogP contribution in [0.2, 0.25) is 0 Å². The van der Waals surface area contributed by atoms with E-state index in [9.17, 15) is 26.4 Å². The Balaban J connectivity index is 2.25. The van der Waals surface area contributed by atoms with Crippen LogP contribution in [0.3, 0.4) is 0 Å². The Morgan fingerprint density at radius 3 is 2.43 bits per heavy atom. The van der Waals surface area contributed by atoms with Gasteiger partial charge in [0.2, 0.25) is 20.0 Å². The summed E-state index contributed by atoms with van der Waals surface area (Å²) < 4.78 is 66.2. The Labute approximate surface area is 159 Å². The first-order chi connectivity index (χ1) is 13.1. The maximum atomic E-state index is 13.9. The SMILES string of the molecule is CCC(C)S(=O)(=O)Nc1ccc(F)c(C(=O)N=[N+]=Nc2ccc(F)c(F)c2)c1. The van der Waals surface area contributed by atoms with Crippen LogP contribution in [0.1, 0.15) is 30.6 Å². The molecule has 1 unspecified atom stereocenters. The molecule has 7 nitrogen and oxygen atoms in total. The second kappa shape index (κ2) is 8.77. The van der Waals surface area contributed by atoms with Gasteiger partial charge in [-0.3, -0.25) is 9.52 Å². The Hall–Kier alpha value is -3.04. The highest BCUT2D eigenvalue weighted by Crippen LogP contribution is 2.19. The van der Waals surface area contributed by atoms with Crippen LogP contribution < -0.4 is 9.63 Å². The number of carbonyl (C=O) groups is 1. The molecule has 0 fully saturated rings. The highest BCUT2D eigenvalue weighted by Gasteiger charge is 2.21. The number of amides is 1. The van der Waals surface area contributed by atoms with Crippen molar-refractivity contribution >= 4 is 27.3 Å². The van der Waals surface area contributed by atoms with Crippen LogP contribution in [0.4, 0.5) is 24.5 Å². The molecule has 2 rings (SSSR count).